The SMILES string of the molecule is CN(CC(=O)Nc1ccccc1Cl)C(=O)C12C[C@H]3C[C@@H](C1)CC(c1ccccc1)(C3)C2. The minimum Gasteiger partial charge on any atom is -0.336 e. The summed E-state index contributed by atoms with van der Waals surface area (Å²) in [6.45, 7) is 0.0411. The van der Waals surface area contributed by atoms with Gasteiger partial charge in [-0.3, -0.25) is 9.59 Å². The first-order chi connectivity index (χ1) is 14.9. The number of carbonyl (C=O) groups excluding carboxylic acids is 2. The fourth-order valence-corrected chi connectivity index (χ4v) is 7.27. The van der Waals surface area contributed by atoms with Gasteiger partial charge in [0.2, 0.25) is 11.8 Å². The van der Waals surface area contributed by atoms with Crippen molar-refractivity contribution in [3.63, 3.8) is 0 Å². The van der Waals surface area contributed by atoms with E-state index in [1.165, 1.54) is 24.8 Å². The van der Waals surface area contributed by atoms with Crippen LogP contribution in [0.15, 0.2) is 54.6 Å². The number of nitrogens with zero attached hydrogens (tertiary/aromatic N) is 1. The fourth-order valence-electron chi connectivity index (χ4n) is 7.09. The van der Waals surface area contributed by atoms with E-state index < -0.39 is 0 Å². The van der Waals surface area contributed by atoms with Gasteiger partial charge in [-0.2, -0.15) is 0 Å². The molecule has 1 N–H and O–H groups in total. The molecule has 0 radical (unpaired) electrons. The molecule has 4 atom stereocenters. The van der Waals surface area contributed by atoms with Crippen LogP contribution in [0.4, 0.5) is 5.69 Å². The summed E-state index contributed by atoms with van der Waals surface area (Å²) in [6, 6.07) is 17.9. The molecule has 2 aromatic rings. The molecule has 2 aromatic carbocycles. The lowest BCUT2D eigenvalue weighted by atomic mass is 9.42. The average molecular weight is 437 g/mol. The molecule has 5 heteroatoms. The van der Waals surface area contributed by atoms with E-state index in [9.17, 15) is 9.59 Å². The highest BCUT2D eigenvalue weighted by atomic mass is 35.5. The molecule has 2 amide bonds. The highest BCUT2D eigenvalue weighted by Crippen LogP contribution is 2.66. The predicted octanol–water partition coefficient (Wildman–Crippen LogP) is 5.28. The number of halogens is 1. The molecule has 4 bridgehead atoms. The zero-order valence-corrected chi connectivity index (χ0v) is 18.7. The first-order valence-corrected chi connectivity index (χ1v) is 11.6. The molecule has 0 spiro atoms. The smallest absolute Gasteiger partial charge is 0.244 e. The number of likely N-dealkylation sites (N-methyl/N-ethyl adjacent to an activating group) is 1. The van der Waals surface area contributed by atoms with E-state index in [2.05, 4.69) is 35.6 Å². The molecular formula is C26H29ClN2O2. The van der Waals surface area contributed by atoms with Crippen molar-refractivity contribution in [3.05, 3.63) is 65.2 Å². The Morgan fingerprint density at radius 3 is 2.32 bits per heavy atom. The number of hydrogen-bond donors (Lipinski definition) is 1. The van der Waals surface area contributed by atoms with Gasteiger partial charge in [-0.15, -0.1) is 0 Å². The highest BCUT2D eigenvalue weighted by molar-refractivity contribution is 6.33. The summed E-state index contributed by atoms with van der Waals surface area (Å²) in [5.74, 6) is 1.13. The summed E-state index contributed by atoms with van der Waals surface area (Å²) in [4.78, 5) is 28.0. The van der Waals surface area contributed by atoms with Gasteiger partial charge in [0, 0.05) is 7.05 Å². The van der Waals surface area contributed by atoms with Crippen LogP contribution in [0.25, 0.3) is 0 Å². The maximum atomic E-state index is 13.7. The van der Waals surface area contributed by atoms with Gasteiger partial charge in [0.15, 0.2) is 0 Å². The summed E-state index contributed by atoms with van der Waals surface area (Å²) in [5, 5.41) is 3.33. The van der Waals surface area contributed by atoms with Crippen molar-refractivity contribution in [2.45, 2.75) is 43.9 Å². The second-order valence-electron chi connectivity index (χ2n) is 10.1. The lowest BCUT2D eigenvalue weighted by Gasteiger charge is -2.62. The Hall–Kier alpha value is -2.33. The number of rotatable bonds is 5. The van der Waals surface area contributed by atoms with Crippen molar-refractivity contribution in [1.29, 1.82) is 0 Å². The van der Waals surface area contributed by atoms with Gasteiger partial charge in [0.05, 0.1) is 22.7 Å². The Morgan fingerprint density at radius 2 is 1.65 bits per heavy atom. The van der Waals surface area contributed by atoms with E-state index in [1.54, 1.807) is 24.1 Å². The maximum Gasteiger partial charge on any atom is 0.244 e. The molecule has 4 saturated carbocycles. The van der Waals surface area contributed by atoms with Crippen LogP contribution in [0.3, 0.4) is 0 Å². The van der Waals surface area contributed by atoms with Crippen molar-refractivity contribution in [1.82, 2.24) is 4.90 Å². The molecule has 4 aliphatic rings. The highest BCUT2D eigenvalue weighted by Gasteiger charge is 2.61. The summed E-state index contributed by atoms with van der Waals surface area (Å²) in [5.41, 5.74) is 1.74. The zero-order valence-electron chi connectivity index (χ0n) is 17.9. The quantitative estimate of drug-likeness (QED) is 0.693. The van der Waals surface area contributed by atoms with E-state index in [4.69, 9.17) is 11.6 Å². The van der Waals surface area contributed by atoms with Crippen LogP contribution in [-0.4, -0.2) is 30.3 Å². The number of hydrogen-bond acceptors (Lipinski definition) is 2. The van der Waals surface area contributed by atoms with Crippen molar-refractivity contribution in [2.24, 2.45) is 17.3 Å². The molecular weight excluding hydrogens is 408 g/mol. The van der Waals surface area contributed by atoms with Crippen LogP contribution in [-0.2, 0) is 15.0 Å². The molecule has 4 nitrogen and oxygen atoms in total. The maximum absolute atomic E-state index is 13.7. The van der Waals surface area contributed by atoms with Crippen molar-refractivity contribution in [3.8, 4) is 0 Å². The molecule has 6 rings (SSSR count). The van der Waals surface area contributed by atoms with Crippen LogP contribution < -0.4 is 5.32 Å². The molecule has 0 saturated heterocycles. The first kappa shape index (κ1) is 20.6. The summed E-state index contributed by atoms with van der Waals surface area (Å²) >= 11 is 6.16. The van der Waals surface area contributed by atoms with E-state index >= 15 is 0 Å². The third-order valence-electron chi connectivity index (χ3n) is 7.78. The van der Waals surface area contributed by atoms with E-state index in [0.717, 1.165) is 19.3 Å². The molecule has 31 heavy (non-hydrogen) atoms. The number of amides is 2. The largest absolute Gasteiger partial charge is 0.336 e. The molecule has 0 aromatic heterocycles. The second-order valence-corrected chi connectivity index (χ2v) is 10.5. The molecule has 0 aliphatic heterocycles. The van der Waals surface area contributed by atoms with Gasteiger partial charge >= 0.3 is 0 Å². The zero-order chi connectivity index (χ0) is 21.6. The number of carbonyl (C=O) groups is 2. The van der Waals surface area contributed by atoms with E-state index in [1.807, 2.05) is 12.1 Å². The summed E-state index contributed by atoms with van der Waals surface area (Å²) in [7, 11) is 1.77. The van der Waals surface area contributed by atoms with Crippen LogP contribution in [0.5, 0.6) is 0 Å². The van der Waals surface area contributed by atoms with Gasteiger partial charge in [-0.1, -0.05) is 54.1 Å². The van der Waals surface area contributed by atoms with Crippen molar-refractivity contribution in [2.75, 3.05) is 18.9 Å². The predicted molar refractivity (Wildman–Crippen MR) is 123 cm³/mol. The van der Waals surface area contributed by atoms with Gasteiger partial charge in [0.25, 0.3) is 0 Å². The van der Waals surface area contributed by atoms with Gasteiger partial charge in [-0.25, -0.2) is 0 Å². The lowest BCUT2D eigenvalue weighted by Crippen LogP contribution is -2.59. The monoisotopic (exact) mass is 436 g/mol. The van der Waals surface area contributed by atoms with Crippen LogP contribution >= 0.6 is 11.6 Å². The van der Waals surface area contributed by atoms with Gasteiger partial charge in [0.1, 0.15) is 0 Å². The normalized spacial score (nSPS) is 30.8. The Morgan fingerprint density at radius 1 is 1.00 bits per heavy atom. The Kier molecular flexibility index (Phi) is 5.09. The Balaban J connectivity index is 1.34. The Labute approximate surface area is 189 Å². The van der Waals surface area contributed by atoms with Crippen molar-refractivity contribution >= 4 is 29.1 Å². The first-order valence-electron chi connectivity index (χ1n) is 11.2. The molecule has 4 fully saturated rings. The van der Waals surface area contributed by atoms with E-state index in [-0.39, 0.29) is 29.2 Å². The van der Waals surface area contributed by atoms with E-state index in [0.29, 0.717) is 22.5 Å². The van der Waals surface area contributed by atoms with Crippen molar-refractivity contribution < 1.29 is 9.59 Å². The molecule has 162 valence electrons. The number of nitrogens with one attached hydrogen (secondary N) is 1. The molecule has 2 unspecified atom stereocenters. The fraction of sp³-hybridized carbons (Fsp3) is 0.462. The Bertz CT molecular complexity index is 991. The summed E-state index contributed by atoms with van der Waals surface area (Å²) in [6.07, 6.45) is 6.48. The third-order valence-corrected chi connectivity index (χ3v) is 8.11. The van der Waals surface area contributed by atoms with Crippen LogP contribution in [0.2, 0.25) is 5.02 Å². The average Bonchev–Trinajstić information content (AvgIpc) is 2.74. The second kappa shape index (κ2) is 7.67. The third kappa shape index (κ3) is 3.65. The minimum absolute atomic E-state index is 0.0411. The van der Waals surface area contributed by atoms with Gasteiger partial charge < -0.3 is 10.2 Å². The standard InChI is InChI=1S/C26H29ClN2O2/c1-29(16-23(30)28-22-10-6-5-9-21(22)27)24(31)26-14-18-11-19(15-26)13-25(12-18,17-26)20-7-3-2-4-8-20/h2-10,18-19H,11-17H2,1H3,(H,28,30)/t18-,19+,25?,26?. The topological polar surface area (TPSA) is 49.4 Å². The summed E-state index contributed by atoms with van der Waals surface area (Å²) < 4.78 is 0. The lowest BCUT2D eigenvalue weighted by molar-refractivity contribution is -0.159. The minimum atomic E-state index is -0.334. The number of benzene rings is 2. The number of anilines is 1. The number of para-hydroxylation sites is 1. The van der Waals surface area contributed by atoms with Crippen LogP contribution in [0, 0.1) is 17.3 Å². The molecule has 0 heterocycles. The van der Waals surface area contributed by atoms with Gasteiger partial charge in [-0.05, 0) is 73.5 Å². The molecule has 4 aliphatic carbocycles. The van der Waals surface area contributed by atoms with Crippen LogP contribution in [0.1, 0.15) is 44.1 Å².